The van der Waals surface area contributed by atoms with Gasteiger partial charge in [0.1, 0.15) is 0 Å². The molecule has 0 saturated carbocycles. The Morgan fingerprint density at radius 3 is 2.00 bits per heavy atom. The minimum absolute atomic E-state index is 0.310. The van der Waals surface area contributed by atoms with Gasteiger partial charge in [-0.05, 0) is 32.7 Å². The molecule has 86 valence electrons. The van der Waals surface area contributed by atoms with Crippen LogP contribution in [0, 0.1) is 0 Å². The Hall–Kier alpha value is -0.0800. The average molecular weight is 201 g/mol. The van der Waals surface area contributed by atoms with Crippen molar-refractivity contribution in [2.45, 2.75) is 65.5 Å². The summed E-state index contributed by atoms with van der Waals surface area (Å²) in [5.41, 5.74) is 0.310. The molecule has 0 aromatic heterocycles. The molecule has 2 aliphatic rings. The van der Waals surface area contributed by atoms with Gasteiger partial charge in [0.05, 0.1) is 12.2 Å². The number of nitrogens with one attached hydrogen (secondary N) is 1. The minimum atomic E-state index is 0.310. The van der Waals surface area contributed by atoms with Crippen molar-refractivity contribution in [2.75, 3.05) is 13.2 Å². The van der Waals surface area contributed by atoms with Crippen LogP contribution in [-0.4, -0.2) is 24.8 Å². The van der Waals surface area contributed by atoms with Crippen LogP contribution >= 0.6 is 0 Å². The maximum Gasteiger partial charge on any atom is 0.0731 e. The molecule has 2 saturated heterocycles. The third kappa shape index (κ3) is 3.58. The van der Waals surface area contributed by atoms with Gasteiger partial charge in [-0.25, -0.2) is 0 Å². The number of ether oxygens (including phenoxy) is 1. The lowest BCUT2D eigenvalue weighted by Crippen LogP contribution is -2.54. The smallest absolute Gasteiger partial charge is 0.0731 e. The second kappa shape index (κ2) is 7.24. The molecule has 0 bridgehead atoms. The molecule has 2 nitrogen and oxygen atoms in total. The summed E-state index contributed by atoms with van der Waals surface area (Å²) in [5.74, 6) is 0. The molecule has 0 radical (unpaired) electrons. The van der Waals surface area contributed by atoms with E-state index in [-0.39, 0.29) is 0 Å². The SMILES string of the molecule is CC.CC.CC1CC2(CCN1)CCO2. The van der Waals surface area contributed by atoms with E-state index < -0.39 is 0 Å². The lowest BCUT2D eigenvalue weighted by atomic mass is 9.82. The van der Waals surface area contributed by atoms with Crippen LogP contribution in [0.1, 0.15) is 53.9 Å². The number of piperidine rings is 1. The van der Waals surface area contributed by atoms with Gasteiger partial charge in [-0.2, -0.15) is 0 Å². The third-order valence-electron chi connectivity index (χ3n) is 2.72. The summed E-state index contributed by atoms with van der Waals surface area (Å²) in [6, 6.07) is 0.661. The van der Waals surface area contributed by atoms with Crippen LogP contribution in [0.25, 0.3) is 0 Å². The highest BCUT2D eigenvalue weighted by molar-refractivity contribution is 4.94. The quantitative estimate of drug-likeness (QED) is 0.650. The Balaban J connectivity index is 0.000000379. The molecule has 1 spiro atoms. The standard InChI is InChI=1S/C8H15NO.2C2H6/c1-7-6-8(2-4-9-7)3-5-10-8;2*1-2/h7,9H,2-6H2,1H3;2*1-2H3. The first-order valence-corrected chi connectivity index (χ1v) is 6.18. The second-order valence-electron chi connectivity index (χ2n) is 3.59. The van der Waals surface area contributed by atoms with Crippen molar-refractivity contribution >= 4 is 0 Å². The number of hydrogen-bond acceptors (Lipinski definition) is 2. The predicted molar refractivity (Wildman–Crippen MR) is 62.7 cm³/mol. The second-order valence-corrected chi connectivity index (χ2v) is 3.59. The van der Waals surface area contributed by atoms with E-state index in [1.165, 1.54) is 19.3 Å². The van der Waals surface area contributed by atoms with Crippen molar-refractivity contribution in [2.24, 2.45) is 0 Å². The maximum absolute atomic E-state index is 5.59. The monoisotopic (exact) mass is 201 g/mol. The zero-order valence-electron chi connectivity index (χ0n) is 10.5. The van der Waals surface area contributed by atoms with Crippen LogP contribution in [-0.2, 0) is 4.74 Å². The zero-order chi connectivity index (χ0) is 11.0. The van der Waals surface area contributed by atoms with E-state index in [1.807, 2.05) is 27.7 Å². The Kier molecular flexibility index (Phi) is 7.20. The van der Waals surface area contributed by atoms with Gasteiger partial charge in [0, 0.05) is 6.04 Å². The van der Waals surface area contributed by atoms with Crippen LogP contribution in [0.15, 0.2) is 0 Å². The molecule has 2 aliphatic heterocycles. The van der Waals surface area contributed by atoms with E-state index in [9.17, 15) is 0 Å². The first-order chi connectivity index (χ1) is 6.81. The van der Waals surface area contributed by atoms with Gasteiger partial charge in [0.2, 0.25) is 0 Å². The summed E-state index contributed by atoms with van der Waals surface area (Å²) in [5, 5.41) is 3.43. The zero-order valence-corrected chi connectivity index (χ0v) is 10.5. The van der Waals surface area contributed by atoms with Crippen molar-refractivity contribution in [3.8, 4) is 0 Å². The van der Waals surface area contributed by atoms with E-state index in [2.05, 4.69) is 12.2 Å². The molecular formula is C12H27NO. The van der Waals surface area contributed by atoms with E-state index in [1.54, 1.807) is 0 Å². The van der Waals surface area contributed by atoms with Crippen LogP contribution in [0.3, 0.4) is 0 Å². The van der Waals surface area contributed by atoms with Crippen molar-refractivity contribution < 1.29 is 4.74 Å². The first-order valence-electron chi connectivity index (χ1n) is 6.18. The van der Waals surface area contributed by atoms with Gasteiger partial charge in [-0.1, -0.05) is 27.7 Å². The first kappa shape index (κ1) is 13.9. The molecular weight excluding hydrogens is 174 g/mol. The largest absolute Gasteiger partial charge is 0.375 e. The molecule has 2 heteroatoms. The number of rotatable bonds is 0. The molecule has 0 aromatic rings. The molecule has 2 fully saturated rings. The topological polar surface area (TPSA) is 21.3 Å². The van der Waals surface area contributed by atoms with Gasteiger partial charge >= 0.3 is 0 Å². The fourth-order valence-corrected chi connectivity index (χ4v) is 2.03. The van der Waals surface area contributed by atoms with E-state index in [0.29, 0.717) is 11.6 Å². The Bertz CT molecular complexity index is 132. The van der Waals surface area contributed by atoms with Crippen molar-refractivity contribution in [3.05, 3.63) is 0 Å². The van der Waals surface area contributed by atoms with Crippen LogP contribution in [0.4, 0.5) is 0 Å². The molecule has 2 heterocycles. The van der Waals surface area contributed by atoms with Crippen LogP contribution in [0.2, 0.25) is 0 Å². The lowest BCUT2D eigenvalue weighted by Gasteiger charge is -2.47. The third-order valence-corrected chi connectivity index (χ3v) is 2.72. The summed E-state index contributed by atoms with van der Waals surface area (Å²) in [6.07, 6.45) is 3.73. The Morgan fingerprint density at radius 1 is 1.14 bits per heavy atom. The summed E-state index contributed by atoms with van der Waals surface area (Å²) in [4.78, 5) is 0. The van der Waals surface area contributed by atoms with E-state index >= 15 is 0 Å². The number of hydrogen-bond donors (Lipinski definition) is 1. The summed E-state index contributed by atoms with van der Waals surface area (Å²) >= 11 is 0. The molecule has 2 unspecified atom stereocenters. The summed E-state index contributed by atoms with van der Waals surface area (Å²) < 4.78 is 5.59. The summed E-state index contributed by atoms with van der Waals surface area (Å²) in [6.45, 7) is 12.4. The molecule has 1 N–H and O–H groups in total. The normalized spacial score (nSPS) is 34.5. The fraction of sp³-hybridized carbons (Fsp3) is 1.00. The Morgan fingerprint density at radius 2 is 1.71 bits per heavy atom. The maximum atomic E-state index is 5.59. The molecule has 0 aromatic carbocycles. The molecule has 14 heavy (non-hydrogen) atoms. The van der Waals surface area contributed by atoms with Crippen LogP contribution < -0.4 is 5.32 Å². The van der Waals surface area contributed by atoms with Gasteiger partial charge in [0.25, 0.3) is 0 Å². The fourth-order valence-electron chi connectivity index (χ4n) is 2.03. The Labute approximate surface area is 89.4 Å². The highest BCUT2D eigenvalue weighted by atomic mass is 16.5. The molecule has 2 rings (SSSR count). The summed E-state index contributed by atoms with van der Waals surface area (Å²) in [7, 11) is 0. The van der Waals surface area contributed by atoms with Crippen molar-refractivity contribution in [1.82, 2.24) is 5.32 Å². The van der Waals surface area contributed by atoms with Gasteiger partial charge in [0.15, 0.2) is 0 Å². The van der Waals surface area contributed by atoms with Gasteiger partial charge < -0.3 is 10.1 Å². The van der Waals surface area contributed by atoms with E-state index in [0.717, 1.165) is 13.2 Å². The molecule has 0 amide bonds. The van der Waals surface area contributed by atoms with Crippen molar-refractivity contribution in [3.63, 3.8) is 0 Å². The predicted octanol–water partition coefficient (Wildman–Crippen LogP) is 2.97. The minimum Gasteiger partial charge on any atom is -0.375 e. The highest BCUT2D eigenvalue weighted by Gasteiger charge is 2.41. The van der Waals surface area contributed by atoms with E-state index in [4.69, 9.17) is 4.74 Å². The molecule has 0 aliphatic carbocycles. The van der Waals surface area contributed by atoms with Crippen LogP contribution in [0.5, 0.6) is 0 Å². The average Bonchev–Trinajstić information content (AvgIpc) is 2.22. The van der Waals surface area contributed by atoms with Gasteiger partial charge in [-0.15, -0.1) is 0 Å². The molecule has 2 atom stereocenters. The highest BCUT2D eigenvalue weighted by Crippen LogP contribution is 2.36. The lowest BCUT2D eigenvalue weighted by molar-refractivity contribution is -0.166. The van der Waals surface area contributed by atoms with Crippen molar-refractivity contribution in [1.29, 1.82) is 0 Å². The van der Waals surface area contributed by atoms with Gasteiger partial charge in [-0.3, -0.25) is 0 Å².